The molecule has 0 fully saturated rings. The van der Waals surface area contributed by atoms with Crippen molar-refractivity contribution in [1.29, 1.82) is 0 Å². The third-order valence-electron chi connectivity index (χ3n) is 2.88. The van der Waals surface area contributed by atoms with Crippen molar-refractivity contribution in [3.8, 4) is 0 Å². The number of nitrogens with one attached hydrogen (secondary N) is 1. The highest BCUT2D eigenvalue weighted by Crippen LogP contribution is 2.26. The van der Waals surface area contributed by atoms with E-state index < -0.39 is 11.6 Å². The normalized spacial score (nSPS) is 12.4. The Morgan fingerprint density at radius 2 is 1.89 bits per heavy atom. The average Bonchev–Trinajstić information content (AvgIpc) is 2.40. The van der Waals surface area contributed by atoms with E-state index in [-0.39, 0.29) is 6.04 Å². The van der Waals surface area contributed by atoms with E-state index in [1.54, 1.807) is 6.07 Å². The number of halogens is 3. The van der Waals surface area contributed by atoms with E-state index in [4.69, 9.17) is 0 Å². The molecule has 1 atom stereocenters. The predicted molar refractivity (Wildman–Crippen MR) is 81.0 cm³/mol. The van der Waals surface area contributed by atoms with Crippen molar-refractivity contribution in [2.24, 2.45) is 0 Å². The predicted octanol–water partition coefficient (Wildman–Crippen LogP) is 4.27. The van der Waals surface area contributed by atoms with Crippen LogP contribution in [0.2, 0.25) is 0 Å². The quantitative estimate of drug-likeness (QED) is 0.790. The lowest BCUT2D eigenvalue weighted by molar-refractivity contribution is 0.483. The van der Waals surface area contributed by atoms with Crippen LogP contribution in [0, 0.1) is 15.2 Å². The van der Waals surface area contributed by atoms with Crippen molar-refractivity contribution < 1.29 is 8.78 Å². The van der Waals surface area contributed by atoms with E-state index in [9.17, 15) is 8.78 Å². The van der Waals surface area contributed by atoms with Gasteiger partial charge < -0.3 is 5.32 Å². The SMILES string of the molecule is CCNC(c1cccc(I)c1)c1cccc(F)c1F. The number of benzene rings is 2. The Balaban J connectivity index is 2.48. The molecule has 0 saturated heterocycles. The molecule has 0 spiro atoms. The molecule has 0 amide bonds. The molecule has 2 aromatic rings. The van der Waals surface area contributed by atoms with E-state index >= 15 is 0 Å². The maximum atomic E-state index is 13.9. The first kappa shape index (κ1) is 14.4. The molecule has 0 aromatic heterocycles. The lowest BCUT2D eigenvalue weighted by atomic mass is 9.98. The zero-order valence-electron chi connectivity index (χ0n) is 10.5. The Morgan fingerprint density at radius 1 is 1.16 bits per heavy atom. The summed E-state index contributed by atoms with van der Waals surface area (Å²) in [6.45, 7) is 2.62. The maximum absolute atomic E-state index is 13.9. The van der Waals surface area contributed by atoms with Gasteiger partial charge >= 0.3 is 0 Å². The van der Waals surface area contributed by atoms with E-state index in [0.29, 0.717) is 12.1 Å². The van der Waals surface area contributed by atoms with Crippen LogP contribution >= 0.6 is 22.6 Å². The first-order chi connectivity index (χ1) is 9.13. The Morgan fingerprint density at radius 3 is 2.58 bits per heavy atom. The van der Waals surface area contributed by atoms with E-state index in [0.717, 1.165) is 15.2 Å². The molecular weight excluding hydrogens is 359 g/mol. The summed E-state index contributed by atoms with van der Waals surface area (Å²) in [5.74, 6) is -1.60. The lowest BCUT2D eigenvalue weighted by Crippen LogP contribution is -2.23. The lowest BCUT2D eigenvalue weighted by Gasteiger charge is -2.20. The van der Waals surface area contributed by atoms with Gasteiger partial charge in [0.15, 0.2) is 11.6 Å². The summed E-state index contributed by atoms with van der Waals surface area (Å²) in [6, 6.07) is 11.7. The minimum Gasteiger partial charge on any atom is -0.306 e. The first-order valence-corrected chi connectivity index (χ1v) is 7.14. The smallest absolute Gasteiger partial charge is 0.163 e. The van der Waals surface area contributed by atoms with Gasteiger partial charge in [-0.05, 0) is 52.9 Å². The van der Waals surface area contributed by atoms with Gasteiger partial charge in [0.25, 0.3) is 0 Å². The summed E-state index contributed by atoms with van der Waals surface area (Å²) in [4.78, 5) is 0. The standard InChI is InChI=1S/C15H14F2IN/c1-2-19-15(10-5-3-6-11(18)9-10)12-7-4-8-13(16)14(12)17/h3-9,15,19H,2H2,1H3. The fourth-order valence-electron chi connectivity index (χ4n) is 2.04. The molecule has 2 rings (SSSR count). The van der Waals surface area contributed by atoms with Crippen molar-refractivity contribution in [1.82, 2.24) is 5.32 Å². The van der Waals surface area contributed by atoms with Crippen molar-refractivity contribution in [3.63, 3.8) is 0 Å². The second kappa shape index (κ2) is 6.43. The van der Waals surface area contributed by atoms with E-state index in [2.05, 4.69) is 27.9 Å². The third-order valence-corrected chi connectivity index (χ3v) is 3.55. The van der Waals surface area contributed by atoms with Gasteiger partial charge in [0.2, 0.25) is 0 Å². The molecule has 0 saturated carbocycles. The van der Waals surface area contributed by atoms with Gasteiger partial charge in [-0.2, -0.15) is 0 Å². The molecule has 19 heavy (non-hydrogen) atoms. The highest BCUT2D eigenvalue weighted by atomic mass is 127. The summed E-state index contributed by atoms with van der Waals surface area (Å²) in [7, 11) is 0. The molecule has 100 valence electrons. The van der Waals surface area contributed by atoms with Gasteiger partial charge in [-0.15, -0.1) is 0 Å². The summed E-state index contributed by atoms with van der Waals surface area (Å²) in [5.41, 5.74) is 1.27. The second-order valence-electron chi connectivity index (χ2n) is 4.19. The zero-order chi connectivity index (χ0) is 13.8. The number of hydrogen-bond donors (Lipinski definition) is 1. The first-order valence-electron chi connectivity index (χ1n) is 6.06. The topological polar surface area (TPSA) is 12.0 Å². The van der Waals surface area contributed by atoms with Gasteiger partial charge in [-0.1, -0.05) is 31.2 Å². The fourth-order valence-corrected chi connectivity index (χ4v) is 2.61. The molecule has 0 aliphatic heterocycles. The van der Waals surface area contributed by atoms with Crippen LogP contribution in [-0.2, 0) is 0 Å². The van der Waals surface area contributed by atoms with Crippen LogP contribution in [0.1, 0.15) is 24.1 Å². The molecule has 0 bridgehead atoms. The van der Waals surface area contributed by atoms with E-state index in [1.807, 2.05) is 31.2 Å². The highest BCUT2D eigenvalue weighted by Gasteiger charge is 2.19. The minimum atomic E-state index is -0.814. The summed E-state index contributed by atoms with van der Waals surface area (Å²) in [5, 5.41) is 3.20. The van der Waals surface area contributed by atoms with Gasteiger partial charge in [-0.3, -0.25) is 0 Å². The second-order valence-corrected chi connectivity index (χ2v) is 5.43. The summed E-state index contributed by atoms with van der Waals surface area (Å²) < 4.78 is 28.4. The Kier molecular flexibility index (Phi) is 4.87. The molecule has 0 heterocycles. The molecule has 1 N–H and O–H groups in total. The molecule has 1 unspecified atom stereocenters. The Labute approximate surface area is 125 Å². The highest BCUT2D eigenvalue weighted by molar-refractivity contribution is 14.1. The molecule has 0 aliphatic carbocycles. The largest absolute Gasteiger partial charge is 0.306 e. The molecule has 0 radical (unpaired) electrons. The number of hydrogen-bond acceptors (Lipinski definition) is 1. The van der Waals surface area contributed by atoms with Crippen LogP contribution in [0.25, 0.3) is 0 Å². The average molecular weight is 373 g/mol. The van der Waals surface area contributed by atoms with Crippen LogP contribution in [0.5, 0.6) is 0 Å². The van der Waals surface area contributed by atoms with Crippen LogP contribution in [-0.4, -0.2) is 6.54 Å². The summed E-state index contributed by atoms with van der Waals surface area (Å²) >= 11 is 2.21. The van der Waals surface area contributed by atoms with Gasteiger partial charge in [0.1, 0.15) is 0 Å². The minimum absolute atomic E-state index is 0.337. The molecular formula is C15H14F2IN. The zero-order valence-corrected chi connectivity index (χ0v) is 12.6. The summed E-state index contributed by atoms with van der Waals surface area (Å²) in [6.07, 6.45) is 0. The van der Waals surface area contributed by atoms with Gasteiger partial charge in [0, 0.05) is 9.13 Å². The third kappa shape index (κ3) is 3.30. The molecule has 4 heteroatoms. The van der Waals surface area contributed by atoms with Crippen molar-refractivity contribution >= 4 is 22.6 Å². The van der Waals surface area contributed by atoms with Crippen LogP contribution in [0.15, 0.2) is 42.5 Å². The Hall–Kier alpha value is -1.01. The Bertz CT molecular complexity index is 572. The molecule has 1 nitrogen and oxygen atoms in total. The maximum Gasteiger partial charge on any atom is 0.163 e. The van der Waals surface area contributed by atoms with Crippen molar-refractivity contribution in [2.75, 3.05) is 6.54 Å². The van der Waals surface area contributed by atoms with Crippen LogP contribution in [0.3, 0.4) is 0 Å². The van der Waals surface area contributed by atoms with Gasteiger partial charge in [-0.25, -0.2) is 8.78 Å². The number of rotatable bonds is 4. The van der Waals surface area contributed by atoms with Crippen molar-refractivity contribution in [2.45, 2.75) is 13.0 Å². The fraction of sp³-hybridized carbons (Fsp3) is 0.200. The van der Waals surface area contributed by atoms with E-state index in [1.165, 1.54) is 6.07 Å². The molecule has 0 aliphatic rings. The van der Waals surface area contributed by atoms with Crippen LogP contribution < -0.4 is 5.32 Å². The van der Waals surface area contributed by atoms with Crippen LogP contribution in [0.4, 0.5) is 8.78 Å². The van der Waals surface area contributed by atoms with Crippen molar-refractivity contribution in [3.05, 3.63) is 68.8 Å². The monoisotopic (exact) mass is 373 g/mol. The molecule has 2 aromatic carbocycles. The van der Waals surface area contributed by atoms with Gasteiger partial charge in [0.05, 0.1) is 6.04 Å².